The van der Waals surface area contributed by atoms with Crippen LogP contribution in [0, 0.1) is 0 Å². The number of rotatable bonds is 5. The van der Waals surface area contributed by atoms with Crippen LogP contribution in [-0.4, -0.2) is 13.0 Å². The summed E-state index contributed by atoms with van der Waals surface area (Å²) >= 11 is 0. The molecule has 3 heteroatoms. The molecule has 0 heterocycles. The number of benzene rings is 1. The molecule has 0 aliphatic rings. The fourth-order valence-electron chi connectivity index (χ4n) is 1.70. The maximum atomic E-state index is 10.9. The highest BCUT2D eigenvalue weighted by molar-refractivity contribution is 5.74. The van der Waals surface area contributed by atoms with Gasteiger partial charge in [-0.1, -0.05) is 38.1 Å². The maximum absolute atomic E-state index is 10.9. The van der Waals surface area contributed by atoms with E-state index in [9.17, 15) is 4.79 Å². The van der Waals surface area contributed by atoms with Crippen molar-refractivity contribution < 1.29 is 4.79 Å². The lowest BCUT2D eigenvalue weighted by Gasteiger charge is -2.15. The molecular weight excluding hydrogens is 200 g/mol. The van der Waals surface area contributed by atoms with E-state index >= 15 is 0 Å². The van der Waals surface area contributed by atoms with Crippen LogP contribution in [-0.2, 0) is 4.79 Å². The number of primary amides is 1. The molecule has 1 atom stereocenters. The van der Waals surface area contributed by atoms with Crippen LogP contribution in [0.3, 0.4) is 0 Å². The Hall–Kier alpha value is -1.35. The smallest absolute Gasteiger partial charge is 0.219 e. The van der Waals surface area contributed by atoms with Gasteiger partial charge in [0.15, 0.2) is 0 Å². The summed E-state index contributed by atoms with van der Waals surface area (Å²) < 4.78 is 0. The number of hydrogen-bond donors (Lipinski definition) is 2. The summed E-state index contributed by atoms with van der Waals surface area (Å²) in [5, 5.41) is 3.10. The number of carbonyl (C=O) groups is 1. The first-order valence-electron chi connectivity index (χ1n) is 5.60. The molecule has 88 valence electrons. The summed E-state index contributed by atoms with van der Waals surface area (Å²) in [6.07, 6.45) is 0.331. The zero-order chi connectivity index (χ0) is 12.1. The molecule has 1 rings (SSSR count). The Balaban J connectivity index is 2.82. The highest BCUT2D eigenvalue weighted by Crippen LogP contribution is 2.20. The van der Waals surface area contributed by atoms with Gasteiger partial charge < -0.3 is 11.1 Å². The van der Waals surface area contributed by atoms with E-state index in [4.69, 9.17) is 5.73 Å². The highest BCUT2D eigenvalue weighted by Gasteiger charge is 2.12. The minimum Gasteiger partial charge on any atom is -0.370 e. The first-order valence-corrected chi connectivity index (χ1v) is 5.60. The second-order valence-electron chi connectivity index (χ2n) is 4.33. The summed E-state index contributed by atoms with van der Waals surface area (Å²) in [5.41, 5.74) is 7.61. The fourth-order valence-corrected chi connectivity index (χ4v) is 1.70. The van der Waals surface area contributed by atoms with E-state index in [1.54, 1.807) is 0 Å². The van der Waals surface area contributed by atoms with E-state index in [1.165, 1.54) is 5.56 Å². The van der Waals surface area contributed by atoms with Gasteiger partial charge >= 0.3 is 0 Å². The Bertz CT molecular complexity index is 343. The van der Waals surface area contributed by atoms with Gasteiger partial charge in [0.1, 0.15) is 0 Å². The lowest BCUT2D eigenvalue weighted by molar-refractivity contribution is -0.118. The van der Waals surface area contributed by atoms with Crippen molar-refractivity contribution >= 4 is 5.91 Å². The summed E-state index contributed by atoms with van der Waals surface area (Å²) in [6.45, 7) is 4.32. The molecule has 3 N–H and O–H groups in total. The molecule has 1 aromatic rings. The zero-order valence-corrected chi connectivity index (χ0v) is 10.2. The van der Waals surface area contributed by atoms with Crippen LogP contribution < -0.4 is 11.1 Å². The van der Waals surface area contributed by atoms with Crippen LogP contribution >= 0.6 is 0 Å². The number of carbonyl (C=O) groups excluding carboxylic acids is 1. The van der Waals surface area contributed by atoms with Crippen molar-refractivity contribution in [2.75, 3.05) is 7.05 Å². The summed E-state index contributed by atoms with van der Waals surface area (Å²) in [7, 11) is 1.84. The summed E-state index contributed by atoms with van der Waals surface area (Å²) in [6, 6.07) is 8.33. The molecule has 3 nitrogen and oxygen atoms in total. The van der Waals surface area contributed by atoms with E-state index in [2.05, 4.69) is 43.4 Å². The van der Waals surface area contributed by atoms with Crippen LogP contribution in [0.25, 0.3) is 0 Å². The SMILES string of the molecule is CNC(CC(N)=O)c1ccc(C(C)C)cc1. The molecule has 0 fully saturated rings. The lowest BCUT2D eigenvalue weighted by atomic mass is 9.98. The van der Waals surface area contributed by atoms with Crippen LogP contribution in [0.5, 0.6) is 0 Å². The normalized spacial score (nSPS) is 12.8. The Morgan fingerprint density at radius 2 is 1.75 bits per heavy atom. The molecule has 0 saturated carbocycles. The molecule has 0 spiro atoms. The van der Waals surface area contributed by atoms with Crippen LogP contribution in [0.1, 0.15) is 43.4 Å². The standard InChI is InChI=1S/C13H20N2O/c1-9(2)10-4-6-11(7-5-10)12(15-3)8-13(14)16/h4-7,9,12,15H,8H2,1-3H3,(H2,14,16). The lowest BCUT2D eigenvalue weighted by Crippen LogP contribution is -2.23. The molecule has 0 saturated heterocycles. The predicted molar refractivity (Wildman–Crippen MR) is 66.1 cm³/mol. The van der Waals surface area contributed by atoms with Crippen molar-refractivity contribution in [1.29, 1.82) is 0 Å². The molecule has 16 heavy (non-hydrogen) atoms. The van der Waals surface area contributed by atoms with Gasteiger partial charge in [-0.15, -0.1) is 0 Å². The van der Waals surface area contributed by atoms with E-state index in [0.29, 0.717) is 12.3 Å². The monoisotopic (exact) mass is 220 g/mol. The molecule has 1 amide bonds. The molecule has 1 unspecified atom stereocenters. The topological polar surface area (TPSA) is 55.1 Å². The third-order valence-electron chi connectivity index (χ3n) is 2.76. The second kappa shape index (κ2) is 5.66. The molecule has 0 aromatic heterocycles. The van der Waals surface area contributed by atoms with Crippen molar-refractivity contribution in [3.8, 4) is 0 Å². The Labute approximate surface area is 97.0 Å². The first kappa shape index (κ1) is 12.7. The number of amides is 1. The van der Waals surface area contributed by atoms with Crippen LogP contribution in [0.15, 0.2) is 24.3 Å². The Kier molecular flexibility index (Phi) is 4.50. The van der Waals surface area contributed by atoms with Crippen LogP contribution in [0.2, 0.25) is 0 Å². The van der Waals surface area contributed by atoms with Crippen molar-refractivity contribution in [3.63, 3.8) is 0 Å². The largest absolute Gasteiger partial charge is 0.370 e. The highest BCUT2D eigenvalue weighted by atomic mass is 16.1. The van der Waals surface area contributed by atoms with Gasteiger partial charge in [0.2, 0.25) is 5.91 Å². The number of hydrogen-bond acceptors (Lipinski definition) is 2. The molecule has 0 aliphatic heterocycles. The van der Waals surface area contributed by atoms with E-state index in [-0.39, 0.29) is 11.9 Å². The first-order chi connectivity index (χ1) is 7.54. The minimum absolute atomic E-state index is 0.0127. The number of nitrogens with one attached hydrogen (secondary N) is 1. The van der Waals surface area contributed by atoms with Crippen LogP contribution in [0.4, 0.5) is 0 Å². The zero-order valence-electron chi connectivity index (χ0n) is 10.2. The molecule has 0 aliphatic carbocycles. The van der Waals surface area contributed by atoms with Crippen molar-refractivity contribution in [2.45, 2.75) is 32.2 Å². The predicted octanol–water partition coefficient (Wildman–Crippen LogP) is 1.95. The van der Waals surface area contributed by atoms with Gasteiger partial charge in [-0.2, -0.15) is 0 Å². The third kappa shape index (κ3) is 3.35. The third-order valence-corrected chi connectivity index (χ3v) is 2.76. The summed E-state index contributed by atoms with van der Waals surface area (Å²) in [4.78, 5) is 10.9. The van der Waals surface area contributed by atoms with Crippen molar-refractivity contribution in [3.05, 3.63) is 35.4 Å². The Morgan fingerprint density at radius 3 is 2.12 bits per heavy atom. The summed E-state index contributed by atoms with van der Waals surface area (Å²) in [5.74, 6) is 0.241. The van der Waals surface area contributed by atoms with Gasteiger partial charge in [0, 0.05) is 12.5 Å². The molecular formula is C13H20N2O. The fraction of sp³-hybridized carbons (Fsp3) is 0.462. The van der Waals surface area contributed by atoms with Gasteiger partial charge in [-0.25, -0.2) is 0 Å². The maximum Gasteiger partial charge on any atom is 0.219 e. The molecule has 0 bridgehead atoms. The minimum atomic E-state index is -0.285. The molecule has 0 radical (unpaired) electrons. The quantitative estimate of drug-likeness (QED) is 0.796. The van der Waals surface area contributed by atoms with Gasteiger partial charge in [0.05, 0.1) is 0 Å². The second-order valence-corrected chi connectivity index (χ2v) is 4.33. The van der Waals surface area contributed by atoms with E-state index in [1.807, 2.05) is 7.05 Å². The Morgan fingerprint density at radius 1 is 1.25 bits per heavy atom. The number of nitrogens with two attached hydrogens (primary N) is 1. The van der Waals surface area contributed by atoms with Crippen molar-refractivity contribution in [2.24, 2.45) is 5.73 Å². The van der Waals surface area contributed by atoms with Gasteiger partial charge in [0.25, 0.3) is 0 Å². The van der Waals surface area contributed by atoms with Gasteiger partial charge in [-0.3, -0.25) is 4.79 Å². The van der Waals surface area contributed by atoms with E-state index in [0.717, 1.165) is 5.56 Å². The average molecular weight is 220 g/mol. The van der Waals surface area contributed by atoms with Crippen molar-refractivity contribution in [1.82, 2.24) is 5.32 Å². The van der Waals surface area contributed by atoms with Gasteiger partial charge in [-0.05, 0) is 24.1 Å². The van der Waals surface area contributed by atoms with E-state index < -0.39 is 0 Å². The average Bonchev–Trinajstić information content (AvgIpc) is 2.25. The molecule has 1 aromatic carbocycles.